The first-order chi connectivity index (χ1) is 10.5. The average molecular weight is 343 g/mol. The van der Waals surface area contributed by atoms with Gasteiger partial charge in [-0.15, -0.1) is 0 Å². The Kier molecular flexibility index (Phi) is 5.18. The Labute approximate surface area is 136 Å². The van der Waals surface area contributed by atoms with Crippen LogP contribution in [0.15, 0.2) is 24.4 Å². The van der Waals surface area contributed by atoms with Gasteiger partial charge in [-0.2, -0.15) is 0 Å². The number of nitrogens with one attached hydrogen (secondary N) is 1. The molecule has 0 aliphatic rings. The number of benzene rings is 1. The molecule has 0 saturated heterocycles. The van der Waals surface area contributed by atoms with E-state index in [1.165, 1.54) is 6.20 Å². The molecular formula is C14H12Cl2N2O4. The van der Waals surface area contributed by atoms with E-state index in [0.717, 1.165) is 7.11 Å². The summed E-state index contributed by atoms with van der Waals surface area (Å²) in [5.74, 6) is -1.41. The highest BCUT2D eigenvalue weighted by Gasteiger charge is 2.23. The molecule has 0 aliphatic carbocycles. The Morgan fingerprint density at radius 3 is 2.77 bits per heavy atom. The Morgan fingerprint density at radius 2 is 2.14 bits per heavy atom. The molecule has 2 aromatic rings. The summed E-state index contributed by atoms with van der Waals surface area (Å²) < 4.78 is 4.48. The molecule has 6 nitrogen and oxygen atoms in total. The Bertz CT molecular complexity index is 736. The highest BCUT2D eigenvalue weighted by Crippen LogP contribution is 2.29. The number of nitrogens with zero attached hydrogens (tertiary/aromatic N) is 1. The van der Waals surface area contributed by atoms with Gasteiger partial charge in [0, 0.05) is 11.6 Å². The third-order valence-corrected chi connectivity index (χ3v) is 3.71. The van der Waals surface area contributed by atoms with E-state index >= 15 is 0 Å². The fraction of sp³-hybridized carbons (Fsp3) is 0.214. The monoisotopic (exact) mass is 342 g/mol. The lowest BCUT2D eigenvalue weighted by molar-refractivity contribution is -0.143. The van der Waals surface area contributed by atoms with Gasteiger partial charge in [-0.3, -0.25) is 9.78 Å². The molecule has 1 amide bonds. The minimum absolute atomic E-state index is 0.0683. The van der Waals surface area contributed by atoms with Crippen molar-refractivity contribution in [2.24, 2.45) is 0 Å². The molecule has 2 N–H and O–H groups in total. The van der Waals surface area contributed by atoms with Gasteiger partial charge in [-0.25, -0.2) is 4.79 Å². The molecule has 1 aromatic heterocycles. The molecule has 0 spiro atoms. The van der Waals surface area contributed by atoms with Crippen LogP contribution in [-0.2, 0) is 9.53 Å². The lowest BCUT2D eigenvalue weighted by Gasteiger charge is -2.14. The number of aliphatic hydroxyl groups is 1. The van der Waals surface area contributed by atoms with E-state index in [0.29, 0.717) is 15.9 Å². The van der Waals surface area contributed by atoms with E-state index in [4.69, 9.17) is 28.3 Å². The second-order valence-electron chi connectivity index (χ2n) is 4.35. The first-order valence-corrected chi connectivity index (χ1v) is 6.97. The fourth-order valence-corrected chi connectivity index (χ4v) is 2.38. The normalized spacial score (nSPS) is 12.0. The van der Waals surface area contributed by atoms with Crippen LogP contribution in [0.5, 0.6) is 0 Å². The van der Waals surface area contributed by atoms with E-state index in [-0.39, 0.29) is 10.6 Å². The zero-order valence-electron chi connectivity index (χ0n) is 11.5. The van der Waals surface area contributed by atoms with E-state index in [1.807, 2.05) is 0 Å². The zero-order chi connectivity index (χ0) is 16.3. The van der Waals surface area contributed by atoms with Crippen LogP contribution in [0.3, 0.4) is 0 Å². The maximum Gasteiger partial charge on any atom is 0.330 e. The number of hydrogen-bond donors (Lipinski definition) is 2. The number of para-hydroxylation sites is 1. The lowest BCUT2D eigenvalue weighted by atomic mass is 10.1. The van der Waals surface area contributed by atoms with E-state index in [9.17, 15) is 9.59 Å². The van der Waals surface area contributed by atoms with Crippen LogP contribution in [-0.4, -0.2) is 41.7 Å². The summed E-state index contributed by atoms with van der Waals surface area (Å²) in [6.07, 6.45) is 1.26. The number of rotatable bonds is 4. The van der Waals surface area contributed by atoms with Crippen molar-refractivity contribution in [2.45, 2.75) is 6.04 Å². The molecule has 22 heavy (non-hydrogen) atoms. The largest absolute Gasteiger partial charge is 0.467 e. The molecule has 0 bridgehead atoms. The molecule has 0 radical (unpaired) electrons. The number of carbonyl (C=O) groups is 2. The van der Waals surface area contributed by atoms with Crippen LogP contribution in [0, 0.1) is 0 Å². The molecule has 8 heteroatoms. The summed E-state index contributed by atoms with van der Waals surface area (Å²) in [6, 6.07) is 3.84. The second kappa shape index (κ2) is 6.91. The van der Waals surface area contributed by atoms with Crippen LogP contribution >= 0.6 is 23.2 Å². The van der Waals surface area contributed by atoms with Gasteiger partial charge in [-0.05, 0) is 6.07 Å². The number of aromatic nitrogens is 1. The summed E-state index contributed by atoms with van der Waals surface area (Å²) in [6.45, 7) is -0.594. The van der Waals surface area contributed by atoms with Crippen molar-refractivity contribution in [1.29, 1.82) is 0 Å². The number of hydrogen-bond acceptors (Lipinski definition) is 5. The molecule has 1 heterocycles. The van der Waals surface area contributed by atoms with Crippen LogP contribution < -0.4 is 5.32 Å². The van der Waals surface area contributed by atoms with Crippen LogP contribution in [0.4, 0.5) is 0 Å². The number of carbonyl (C=O) groups excluding carboxylic acids is 2. The smallest absolute Gasteiger partial charge is 0.330 e. The van der Waals surface area contributed by atoms with Crippen molar-refractivity contribution < 1.29 is 19.4 Å². The standard InChI is InChI=1S/C14H12Cl2N2O4/c1-22-14(21)10(6-19)18-13(20)8-5-17-12-7(11(8)16)3-2-4-9(12)15/h2-5,10,19H,6H2,1H3,(H,18,20)/t10-/m0/s1. The van der Waals surface area contributed by atoms with E-state index in [2.05, 4.69) is 15.0 Å². The maximum atomic E-state index is 12.2. The second-order valence-corrected chi connectivity index (χ2v) is 5.14. The third-order valence-electron chi connectivity index (χ3n) is 3.00. The number of esters is 1. The van der Waals surface area contributed by atoms with Gasteiger partial charge in [0.05, 0.1) is 34.8 Å². The van der Waals surface area contributed by atoms with E-state index < -0.39 is 24.5 Å². The lowest BCUT2D eigenvalue weighted by Crippen LogP contribution is -2.44. The molecule has 0 unspecified atom stereocenters. The molecule has 0 aliphatic heterocycles. The predicted molar refractivity (Wildman–Crippen MR) is 82.1 cm³/mol. The maximum absolute atomic E-state index is 12.2. The van der Waals surface area contributed by atoms with Crippen LogP contribution in [0.25, 0.3) is 10.9 Å². The van der Waals surface area contributed by atoms with Gasteiger partial charge >= 0.3 is 5.97 Å². The van der Waals surface area contributed by atoms with Crippen molar-refractivity contribution in [1.82, 2.24) is 10.3 Å². The van der Waals surface area contributed by atoms with Gasteiger partial charge in [-0.1, -0.05) is 35.3 Å². The van der Waals surface area contributed by atoms with Gasteiger partial charge in [0.2, 0.25) is 0 Å². The summed E-state index contributed by atoms with van der Waals surface area (Å²) in [4.78, 5) is 27.7. The number of fused-ring (bicyclic) bond motifs is 1. The third kappa shape index (κ3) is 3.14. The molecule has 2 rings (SSSR count). The van der Waals surface area contributed by atoms with Crippen LogP contribution in [0.2, 0.25) is 10.0 Å². The zero-order valence-corrected chi connectivity index (χ0v) is 13.0. The molecule has 1 atom stereocenters. The predicted octanol–water partition coefficient (Wildman–Crippen LogP) is 1.81. The Hall–Kier alpha value is -1.89. The quantitative estimate of drug-likeness (QED) is 0.827. The van der Waals surface area contributed by atoms with E-state index in [1.54, 1.807) is 18.2 Å². The summed E-state index contributed by atoms with van der Waals surface area (Å²) in [7, 11) is 1.16. The van der Waals surface area contributed by atoms with Gasteiger partial charge in [0.15, 0.2) is 6.04 Å². The number of halogens is 2. The topological polar surface area (TPSA) is 88.5 Å². The molecule has 1 aromatic carbocycles. The number of pyridine rings is 1. The van der Waals surface area contributed by atoms with Crippen LogP contribution in [0.1, 0.15) is 10.4 Å². The SMILES string of the molecule is COC(=O)[C@H](CO)NC(=O)c1cnc2c(Cl)cccc2c1Cl. The summed E-state index contributed by atoms with van der Waals surface area (Å²) in [5, 5.41) is 12.5. The van der Waals surface area contributed by atoms with Gasteiger partial charge in [0.1, 0.15) is 0 Å². The average Bonchev–Trinajstić information content (AvgIpc) is 2.52. The van der Waals surface area contributed by atoms with Crippen molar-refractivity contribution in [2.75, 3.05) is 13.7 Å². The molecule has 0 saturated carbocycles. The Morgan fingerprint density at radius 1 is 1.41 bits per heavy atom. The number of ether oxygens (including phenoxy) is 1. The molecule has 116 valence electrons. The highest BCUT2D eigenvalue weighted by atomic mass is 35.5. The van der Waals surface area contributed by atoms with Crippen molar-refractivity contribution >= 4 is 46.0 Å². The molecule has 0 fully saturated rings. The van der Waals surface area contributed by atoms with Crippen molar-refractivity contribution in [3.05, 3.63) is 40.0 Å². The highest BCUT2D eigenvalue weighted by molar-refractivity contribution is 6.41. The minimum Gasteiger partial charge on any atom is -0.467 e. The first kappa shape index (κ1) is 16.5. The Balaban J connectivity index is 2.36. The minimum atomic E-state index is -1.18. The number of methoxy groups -OCH3 is 1. The van der Waals surface area contributed by atoms with Gasteiger partial charge in [0.25, 0.3) is 5.91 Å². The van der Waals surface area contributed by atoms with Crippen molar-refractivity contribution in [3.63, 3.8) is 0 Å². The summed E-state index contributed by atoms with van der Waals surface area (Å²) >= 11 is 12.2. The summed E-state index contributed by atoms with van der Waals surface area (Å²) in [5.41, 5.74) is 0.538. The molecular weight excluding hydrogens is 331 g/mol. The fourth-order valence-electron chi connectivity index (χ4n) is 1.87. The van der Waals surface area contributed by atoms with Crippen molar-refractivity contribution in [3.8, 4) is 0 Å². The van der Waals surface area contributed by atoms with Gasteiger partial charge < -0.3 is 15.2 Å². The number of amides is 1. The number of aliphatic hydroxyl groups excluding tert-OH is 1. The first-order valence-electron chi connectivity index (χ1n) is 6.21.